The van der Waals surface area contributed by atoms with E-state index in [-0.39, 0.29) is 5.56 Å². The Kier molecular flexibility index (Phi) is 3.78. The highest BCUT2D eigenvalue weighted by atomic mass is 16.1. The van der Waals surface area contributed by atoms with E-state index in [9.17, 15) is 4.79 Å². The molecule has 1 aliphatic carbocycles. The Morgan fingerprint density at radius 1 is 1.59 bits per heavy atom. The lowest BCUT2D eigenvalue weighted by atomic mass is 10.5. The first-order valence-electron chi connectivity index (χ1n) is 6.22. The maximum atomic E-state index is 11.8. The monoisotopic (exact) mass is 236 g/mol. The first kappa shape index (κ1) is 12.1. The molecule has 1 aromatic rings. The summed E-state index contributed by atoms with van der Waals surface area (Å²) in [5.74, 6) is 0.457. The number of rotatable bonds is 6. The van der Waals surface area contributed by atoms with Crippen LogP contribution in [0.1, 0.15) is 19.8 Å². The molecule has 2 rings (SSSR count). The van der Waals surface area contributed by atoms with Crippen LogP contribution in [-0.4, -0.2) is 40.6 Å². The van der Waals surface area contributed by atoms with Gasteiger partial charge in [-0.25, -0.2) is 4.98 Å². The Balaban J connectivity index is 1.87. The fraction of sp³-hybridized carbons (Fsp3) is 0.667. The molecular weight excluding hydrogens is 216 g/mol. The molecule has 1 saturated carbocycles. The third-order valence-electron chi connectivity index (χ3n) is 3.18. The van der Waals surface area contributed by atoms with Crippen molar-refractivity contribution in [3.63, 3.8) is 0 Å². The summed E-state index contributed by atoms with van der Waals surface area (Å²) in [5, 5.41) is 3.12. The van der Waals surface area contributed by atoms with Crippen molar-refractivity contribution in [1.82, 2.24) is 14.5 Å². The first-order valence-corrected chi connectivity index (χ1v) is 6.22. The van der Waals surface area contributed by atoms with Crippen LogP contribution in [0.4, 0.5) is 5.82 Å². The van der Waals surface area contributed by atoms with Gasteiger partial charge in [0.15, 0.2) is 5.82 Å². The number of hydrogen-bond donors (Lipinski definition) is 1. The van der Waals surface area contributed by atoms with Gasteiger partial charge in [-0.1, -0.05) is 0 Å². The largest absolute Gasteiger partial charge is 0.364 e. The van der Waals surface area contributed by atoms with E-state index in [0.29, 0.717) is 12.4 Å². The molecule has 0 spiro atoms. The van der Waals surface area contributed by atoms with Crippen LogP contribution < -0.4 is 10.9 Å². The Hall–Kier alpha value is -1.36. The topological polar surface area (TPSA) is 50.2 Å². The van der Waals surface area contributed by atoms with E-state index in [1.807, 2.05) is 6.92 Å². The summed E-state index contributed by atoms with van der Waals surface area (Å²) in [6.07, 6.45) is 5.99. The molecule has 1 fully saturated rings. The van der Waals surface area contributed by atoms with Crippen molar-refractivity contribution in [1.29, 1.82) is 0 Å². The standard InChI is InChI=1S/C12H20N4O/c1-3-16-9-7-14-11(12(16)17)13-6-8-15(2)10-4-5-10/h7,9-10H,3-6,8H2,1-2H3,(H,13,14). The van der Waals surface area contributed by atoms with Crippen molar-refractivity contribution in [2.24, 2.45) is 0 Å². The molecule has 0 saturated heterocycles. The lowest BCUT2D eigenvalue weighted by molar-refractivity contribution is 0.337. The first-order chi connectivity index (χ1) is 8.22. The Bertz CT molecular complexity index is 425. The number of nitrogens with zero attached hydrogens (tertiary/aromatic N) is 3. The minimum Gasteiger partial charge on any atom is -0.364 e. The summed E-state index contributed by atoms with van der Waals surface area (Å²) in [6, 6.07) is 0.757. The van der Waals surface area contributed by atoms with E-state index in [0.717, 1.165) is 19.1 Å². The minimum absolute atomic E-state index is 0.0379. The van der Waals surface area contributed by atoms with Crippen LogP contribution >= 0.6 is 0 Å². The van der Waals surface area contributed by atoms with Crippen LogP contribution in [0.15, 0.2) is 17.2 Å². The Morgan fingerprint density at radius 3 is 3.00 bits per heavy atom. The van der Waals surface area contributed by atoms with Gasteiger partial charge in [0.1, 0.15) is 0 Å². The SMILES string of the molecule is CCn1ccnc(NCCN(C)C2CC2)c1=O. The van der Waals surface area contributed by atoms with Gasteiger partial charge in [0.25, 0.3) is 5.56 Å². The summed E-state index contributed by atoms with van der Waals surface area (Å²) in [4.78, 5) is 18.3. The molecule has 0 unspecified atom stereocenters. The summed E-state index contributed by atoms with van der Waals surface area (Å²) < 4.78 is 1.65. The lowest BCUT2D eigenvalue weighted by Crippen LogP contribution is -2.30. The maximum absolute atomic E-state index is 11.8. The van der Waals surface area contributed by atoms with Crippen molar-refractivity contribution in [2.45, 2.75) is 32.4 Å². The van der Waals surface area contributed by atoms with Gasteiger partial charge in [-0.2, -0.15) is 0 Å². The van der Waals surface area contributed by atoms with Crippen molar-refractivity contribution < 1.29 is 0 Å². The normalized spacial score (nSPS) is 15.2. The molecule has 5 heteroatoms. The number of nitrogens with one attached hydrogen (secondary N) is 1. The van der Waals surface area contributed by atoms with Gasteiger partial charge in [-0.15, -0.1) is 0 Å². The second-order valence-corrected chi connectivity index (χ2v) is 4.51. The molecule has 1 aliphatic rings. The molecular formula is C12H20N4O. The van der Waals surface area contributed by atoms with Gasteiger partial charge < -0.3 is 14.8 Å². The van der Waals surface area contributed by atoms with E-state index in [1.54, 1.807) is 17.0 Å². The average molecular weight is 236 g/mol. The molecule has 0 aliphatic heterocycles. The highest BCUT2D eigenvalue weighted by molar-refractivity contribution is 5.30. The molecule has 5 nitrogen and oxygen atoms in total. The Morgan fingerprint density at radius 2 is 2.35 bits per heavy atom. The predicted octanol–water partition coefficient (Wildman–Crippen LogP) is 0.769. The van der Waals surface area contributed by atoms with E-state index in [2.05, 4.69) is 22.2 Å². The second kappa shape index (κ2) is 5.31. The molecule has 1 N–H and O–H groups in total. The number of aryl methyl sites for hydroxylation is 1. The fourth-order valence-electron chi connectivity index (χ4n) is 1.87. The van der Waals surface area contributed by atoms with E-state index in [1.165, 1.54) is 12.8 Å². The molecule has 0 radical (unpaired) electrons. The second-order valence-electron chi connectivity index (χ2n) is 4.51. The van der Waals surface area contributed by atoms with Crippen LogP contribution in [0.2, 0.25) is 0 Å². The summed E-state index contributed by atoms with van der Waals surface area (Å²) in [5.41, 5.74) is -0.0379. The molecule has 0 amide bonds. The smallest absolute Gasteiger partial charge is 0.293 e. The predicted molar refractivity (Wildman–Crippen MR) is 68.3 cm³/mol. The molecule has 17 heavy (non-hydrogen) atoms. The number of hydrogen-bond acceptors (Lipinski definition) is 4. The molecule has 0 atom stereocenters. The van der Waals surface area contributed by atoms with Crippen molar-refractivity contribution >= 4 is 5.82 Å². The third kappa shape index (κ3) is 3.06. The molecule has 1 aromatic heterocycles. The van der Waals surface area contributed by atoms with Crippen LogP contribution in [0.3, 0.4) is 0 Å². The fourth-order valence-corrected chi connectivity index (χ4v) is 1.87. The van der Waals surface area contributed by atoms with Crippen LogP contribution in [0.25, 0.3) is 0 Å². The summed E-state index contributed by atoms with van der Waals surface area (Å²) in [7, 11) is 2.13. The van der Waals surface area contributed by atoms with Gasteiger partial charge in [-0.05, 0) is 26.8 Å². The van der Waals surface area contributed by atoms with E-state index < -0.39 is 0 Å². The maximum Gasteiger partial charge on any atom is 0.293 e. The molecule has 94 valence electrons. The zero-order chi connectivity index (χ0) is 12.3. The van der Waals surface area contributed by atoms with Crippen LogP contribution in [-0.2, 0) is 6.54 Å². The molecule has 0 bridgehead atoms. The minimum atomic E-state index is -0.0379. The number of likely N-dealkylation sites (N-methyl/N-ethyl adjacent to an activating group) is 1. The highest BCUT2D eigenvalue weighted by Gasteiger charge is 2.25. The van der Waals surface area contributed by atoms with E-state index in [4.69, 9.17) is 0 Å². The Labute approximate surface area is 101 Å². The third-order valence-corrected chi connectivity index (χ3v) is 3.18. The number of aromatic nitrogens is 2. The zero-order valence-corrected chi connectivity index (χ0v) is 10.5. The number of anilines is 1. The van der Waals surface area contributed by atoms with Crippen LogP contribution in [0.5, 0.6) is 0 Å². The van der Waals surface area contributed by atoms with E-state index >= 15 is 0 Å². The summed E-state index contributed by atoms with van der Waals surface area (Å²) in [6.45, 7) is 4.35. The van der Waals surface area contributed by atoms with Crippen molar-refractivity contribution in [2.75, 3.05) is 25.5 Å². The van der Waals surface area contributed by atoms with Gasteiger partial charge >= 0.3 is 0 Å². The van der Waals surface area contributed by atoms with Crippen molar-refractivity contribution in [3.8, 4) is 0 Å². The average Bonchev–Trinajstić information content (AvgIpc) is 3.15. The summed E-state index contributed by atoms with van der Waals surface area (Å²) >= 11 is 0. The van der Waals surface area contributed by atoms with Crippen molar-refractivity contribution in [3.05, 3.63) is 22.7 Å². The molecule has 0 aromatic carbocycles. The van der Waals surface area contributed by atoms with Gasteiger partial charge in [0, 0.05) is 38.1 Å². The molecule has 1 heterocycles. The zero-order valence-electron chi connectivity index (χ0n) is 10.5. The van der Waals surface area contributed by atoms with Crippen LogP contribution in [0, 0.1) is 0 Å². The highest BCUT2D eigenvalue weighted by Crippen LogP contribution is 2.24. The quantitative estimate of drug-likeness (QED) is 0.792. The van der Waals surface area contributed by atoms with Gasteiger partial charge in [-0.3, -0.25) is 4.79 Å². The van der Waals surface area contributed by atoms with Gasteiger partial charge in [0.05, 0.1) is 0 Å². The lowest BCUT2D eigenvalue weighted by Gasteiger charge is -2.15. The van der Waals surface area contributed by atoms with Gasteiger partial charge in [0.2, 0.25) is 0 Å².